The van der Waals surface area contributed by atoms with Crippen molar-refractivity contribution in [3.63, 3.8) is 0 Å². The van der Waals surface area contributed by atoms with E-state index in [4.69, 9.17) is 28.8 Å². The van der Waals surface area contributed by atoms with E-state index in [-0.39, 0.29) is 12.8 Å². The van der Waals surface area contributed by atoms with Gasteiger partial charge in [0.25, 0.3) is 0 Å². The Bertz CT molecular complexity index is 471. The molecule has 0 aromatic heterocycles. The summed E-state index contributed by atoms with van der Waals surface area (Å²) in [5.74, 6) is -2.17. The zero-order valence-electron chi connectivity index (χ0n) is 21.4. The van der Waals surface area contributed by atoms with Crippen LogP contribution < -0.4 is 0 Å². The van der Waals surface area contributed by atoms with Crippen molar-refractivity contribution in [1.29, 1.82) is 0 Å². The predicted molar refractivity (Wildman–Crippen MR) is 127 cm³/mol. The Kier molecular flexibility index (Phi) is 21.7. The van der Waals surface area contributed by atoms with Gasteiger partial charge in [-0.05, 0) is 33.1 Å². The standard InChI is InChI=1S/C25H48O8/c1-5-7-9-11-15-29-17-19-31-21(3)23(13-14-24(26)27)25(28)33-22(4)32-20-18-30-16-12-10-8-6-2/h21-23H,5-20H2,1-4H3,(H,26,27). The molecule has 0 aliphatic rings. The zero-order valence-corrected chi connectivity index (χ0v) is 21.4. The summed E-state index contributed by atoms with van der Waals surface area (Å²) in [7, 11) is 0. The molecular weight excluding hydrogens is 428 g/mol. The molecule has 0 saturated carbocycles. The Morgan fingerprint density at radius 2 is 1.27 bits per heavy atom. The Morgan fingerprint density at radius 1 is 0.727 bits per heavy atom. The van der Waals surface area contributed by atoms with Crippen LogP contribution >= 0.6 is 0 Å². The lowest BCUT2D eigenvalue weighted by molar-refractivity contribution is -0.186. The van der Waals surface area contributed by atoms with E-state index in [0.29, 0.717) is 39.6 Å². The number of aliphatic carboxylic acids is 1. The molecule has 196 valence electrons. The predicted octanol–water partition coefficient (Wildman–Crippen LogP) is 4.97. The summed E-state index contributed by atoms with van der Waals surface area (Å²) in [4.78, 5) is 23.7. The molecule has 8 heteroatoms. The van der Waals surface area contributed by atoms with E-state index >= 15 is 0 Å². The highest BCUT2D eigenvalue weighted by molar-refractivity contribution is 5.74. The first-order chi connectivity index (χ1) is 15.9. The number of hydrogen-bond donors (Lipinski definition) is 1. The van der Waals surface area contributed by atoms with E-state index in [1.165, 1.54) is 25.7 Å². The highest BCUT2D eigenvalue weighted by Gasteiger charge is 2.29. The van der Waals surface area contributed by atoms with Crippen LogP contribution in [0.3, 0.4) is 0 Å². The van der Waals surface area contributed by atoms with Gasteiger partial charge >= 0.3 is 11.9 Å². The topological polar surface area (TPSA) is 101 Å². The molecule has 0 rings (SSSR count). The maximum atomic E-state index is 12.6. The molecule has 0 amide bonds. The van der Waals surface area contributed by atoms with Crippen molar-refractivity contribution in [3.05, 3.63) is 0 Å². The second kappa shape index (κ2) is 22.6. The van der Waals surface area contributed by atoms with Crippen LogP contribution in [0.1, 0.15) is 91.9 Å². The third kappa shape index (κ3) is 19.9. The molecule has 3 atom stereocenters. The Labute approximate surface area is 200 Å². The van der Waals surface area contributed by atoms with Crippen LogP contribution in [0.25, 0.3) is 0 Å². The van der Waals surface area contributed by atoms with Gasteiger partial charge in [-0.15, -0.1) is 0 Å². The second-order valence-corrected chi connectivity index (χ2v) is 8.34. The third-order valence-electron chi connectivity index (χ3n) is 5.29. The van der Waals surface area contributed by atoms with Crippen LogP contribution in [-0.4, -0.2) is 69.1 Å². The lowest BCUT2D eigenvalue weighted by Crippen LogP contribution is -2.34. The van der Waals surface area contributed by atoms with E-state index in [0.717, 1.165) is 25.7 Å². The van der Waals surface area contributed by atoms with Gasteiger partial charge in [-0.3, -0.25) is 9.59 Å². The molecule has 0 aliphatic heterocycles. The van der Waals surface area contributed by atoms with E-state index in [1.807, 2.05) is 0 Å². The molecule has 3 unspecified atom stereocenters. The molecule has 33 heavy (non-hydrogen) atoms. The molecule has 0 aliphatic carbocycles. The summed E-state index contributed by atoms with van der Waals surface area (Å²) in [5.41, 5.74) is 0. The molecule has 0 bridgehead atoms. The first kappa shape index (κ1) is 31.8. The minimum atomic E-state index is -0.962. The zero-order chi connectivity index (χ0) is 24.7. The Balaban J connectivity index is 4.23. The summed E-state index contributed by atoms with van der Waals surface area (Å²) in [6.45, 7) is 10.7. The van der Waals surface area contributed by atoms with Crippen molar-refractivity contribution in [3.8, 4) is 0 Å². The first-order valence-electron chi connectivity index (χ1n) is 12.7. The van der Waals surface area contributed by atoms with Crippen molar-refractivity contribution in [2.45, 2.75) is 104 Å². The maximum Gasteiger partial charge on any atom is 0.313 e. The van der Waals surface area contributed by atoms with Crippen molar-refractivity contribution < 1.29 is 38.4 Å². The van der Waals surface area contributed by atoms with Crippen LogP contribution in [0.15, 0.2) is 0 Å². The fraction of sp³-hybridized carbons (Fsp3) is 0.920. The van der Waals surface area contributed by atoms with Gasteiger partial charge in [-0.1, -0.05) is 52.4 Å². The van der Waals surface area contributed by atoms with Gasteiger partial charge < -0.3 is 28.8 Å². The fourth-order valence-electron chi connectivity index (χ4n) is 3.26. The molecule has 0 aromatic rings. The van der Waals surface area contributed by atoms with Crippen LogP contribution in [0.4, 0.5) is 0 Å². The largest absolute Gasteiger partial charge is 0.481 e. The maximum absolute atomic E-state index is 12.6. The normalized spacial score (nSPS) is 14.1. The number of esters is 1. The first-order valence-corrected chi connectivity index (χ1v) is 12.7. The number of carboxylic acid groups (broad SMARTS) is 1. The van der Waals surface area contributed by atoms with Gasteiger partial charge in [-0.2, -0.15) is 0 Å². The van der Waals surface area contributed by atoms with E-state index in [9.17, 15) is 9.59 Å². The molecule has 0 aromatic carbocycles. The number of rotatable bonds is 24. The molecule has 0 heterocycles. The van der Waals surface area contributed by atoms with Crippen molar-refractivity contribution in [2.24, 2.45) is 5.92 Å². The van der Waals surface area contributed by atoms with Gasteiger partial charge in [0.2, 0.25) is 0 Å². The fourth-order valence-corrected chi connectivity index (χ4v) is 3.26. The summed E-state index contributed by atoms with van der Waals surface area (Å²) in [5, 5.41) is 9.03. The minimum Gasteiger partial charge on any atom is -0.481 e. The average molecular weight is 477 g/mol. The van der Waals surface area contributed by atoms with Gasteiger partial charge in [0, 0.05) is 19.6 Å². The van der Waals surface area contributed by atoms with E-state index < -0.39 is 30.3 Å². The van der Waals surface area contributed by atoms with E-state index in [1.54, 1.807) is 13.8 Å². The lowest BCUT2D eigenvalue weighted by Gasteiger charge is -2.24. The van der Waals surface area contributed by atoms with Crippen molar-refractivity contribution in [1.82, 2.24) is 0 Å². The Hall–Kier alpha value is -1.22. The lowest BCUT2D eigenvalue weighted by atomic mass is 9.97. The number of unbranched alkanes of at least 4 members (excludes halogenated alkanes) is 6. The van der Waals surface area contributed by atoms with E-state index in [2.05, 4.69) is 13.8 Å². The SMILES string of the molecule is CCCCCCOCCOC(C)OC(=O)C(CCC(=O)O)C(C)OCCOCCCCCC. The molecule has 0 radical (unpaired) electrons. The number of carbonyl (C=O) groups excluding carboxylic acids is 1. The second-order valence-electron chi connectivity index (χ2n) is 8.34. The summed E-state index contributed by atoms with van der Waals surface area (Å²) in [6.07, 6.45) is 7.94. The highest BCUT2D eigenvalue weighted by atomic mass is 16.7. The van der Waals surface area contributed by atoms with Gasteiger partial charge in [0.15, 0.2) is 6.29 Å². The molecule has 1 N–H and O–H groups in total. The van der Waals surface area contributed by atoms with Crippen LogP contribution in [0, 0.1) is 5.92 Å². The third-order valence-corrected chi connectivity index (χ3v) is 5.29. The smallest absolute Gasteiger partial charge is 0.313 e. The molecule has 8 nitrogen and oxygen atoms in total. The van der Waals surface area contributed by atoms with Crippen LogP contribution in [0.2, 0.25) is 0 Å². The number of carboxylic acids is 1. The van der Waals surface area contributed by atoms with Crippen molar-refractivity contribution in [2.75, 3.05) is 39.6 Å². The minimum absolute atomic E-state index is 0.136. The van der Waals surface area contributed by atoms with Crippen LogP contribution in [0.5, 0.6) is 0 Å². The monoisotopic (exact) mass is 476 g/mol. The number of carbonyl (C=O) groups is 2. The van der Waals surface area contributed by atoms with Gasteiger partial charge in [-0.25, -0.2) is 0 Å². The van der Waals surface area contributed by atoms with Gasteiger partial charge in [0.05, 0.1) is 38.4 Å². The van der Waals surface area contributed by atoms with Gasteiger partial charge in [0.1, 0.15) is 0 Å². The highest BCUT2D eigenvalue weighted by Crippen LogP contribution is 2.18. The summed E-state index contributed by atoms with van der Waals surface area (Å²) < 4.78 is 27.7. The average Bonchev–Trinajstić information content (AvgIpc) is 2.77. The summed E-state index contributed by atoms with van der Waals surface area (Å²) in [6, 6.07) is 0. The molecule has 0 spiro atoms. The Morgan fingerprint density at radius 3 is 1.79 bits per heavy atom. The van der Waals surface area contributed by atoms with Crippen LogP contribution in [-0.2, 0) is 33.3 Å². The molecular formula is C25H48O8. The number of ether oxygens (including phenoxy) is 5. The number of hydrogen-bond acceptors (Lipinski definition) is 7. The van der Waals surface area contributed by atoms with Crippen molar-refractivity contribution >= 4 is 11.9 Å². The summed E-state index contributed by atoms with van der Waals surface area (Å²) >= 11 is 0. The molecule has 0 saturated heterocycles. The quantitative estimate of drug-likeness (QED) is 0.118. The molecule has 0 fully saturated rings.